The van der Waals surface area contributed by atoms with E-state index in [9.17, 15) is 18.0 Å². The van der Waals surface area contributed by atoms with E-state index in [0.717, 1.165) is 12.1 Å². The van der Waals surface area contributed by atoms with Gasteiger partial charge in [0.1, 0.15) is 6.10 Å². The highest BCUT2D eigenvalue weighted by molar-refractivity contribution is 5.80. The number of halogens is 3. The molecule has 2 atom stereocenters. The maximum Gasteiger partial charge on any atom is 0.418 e. The molecule has 130 valence electrons. The molecule has 1 aromatic rings. The van der Waals surface area contributed by atoms with E-state index in [4.69, 9.17) is 10.00 Å². The van der Waals surface area contributed by atoms with Crippen LogP contribution >= 0.6 is 0 Å². The van der Waals surface area contributed by atoms with Gasteiger partial charge in [0.25, 0.3) is 5.91 Å². The van der Waals surface area contributed by atoms with E-state index in [-0.39, 0.29) is 29.8 Å². The Morgan fingerprint density at radius 3 is 2.71 bits per heavy atom. The number of likely N-dealkylation sites (N-methyl/N-ethyl adjacent to an activating group) is 1. The number of ether oxygens (including phenoxy) is 1. The molecule has 5 nitrogen and oxygen atoms in total. The second kappa shape index (κ2) is 7.09. The molecule has 0 bridgehead atoms. The lowest BCUT2D eigenvalue weighted by atomic mass is 10.1. The Kier molecular flexibility index (Phi) is 5.34. The molecule has 0 aliphatic carbocycles. The van der Waals surface area contributed by atoms with Gasteiger partial charge in [0.15, 0.2) is 0 Å². The van der Waals surface area contributed by atoms with Crippen molar-refractivity contribution < 1.29 is 22.7 Å². The fourth-order valence-electron chi connectivity index (χ4n) is 2.56. The van der Waals surface area contributed by atoms with Gasteiger partial charge < -0.3 is 15.0 Å². The second-order valence-corrected chi connectivity index (χ2v) is 5.81. The number of amides is 1. The van der Waals surface area contributed by atoms with E-state index in [0.29, 0.717) is 12.8 Å². The van der Waals surface area contributed by atoms with Gasteiger partial charge in [-0.2, -0.15) is 18.4 Å². The first-order valence-electron chi connectivity index (χ1n) is 7.44. The summed E-state index contributed by atoms with van der Waals surface area (Å²) in [5, 5.41) is 11.6. The molecule has 0 spiro atoms. The number of hydrogen-bond acceptors (Lipinski definition) is 4. The standard InChI is InChI=1S/C16H18F3N3O2/c1-22(2)15(23)14-6-4-11(24-14)9-21-13-7-10(8-20)3-5-12(13)16(17,18)19/h3,5,7,11,14,21H,4,6,9H2,1-2H3. The van der Waals surface area contributed by atoms with Crippen molar-refractivity contribution in [2.45, 2.75) is 31.2 Å². The third-order valence-corrected chi connectivity index (χ3v) is 3.80. The summed E-state index contributed by atoms with van der Waals surface area (Å²) in [5.74, 6) is -0.153. The minimum Gasteiger partial charge on any atom is -0.382 e. The highest BCUT2D eigenvalue weighted by Crippen LogP contribution is 2.35. The molecule has 1 N–H and O–H groups in total. The van der Waals surface area contributed by atoms with Gasteiger partial charge in [-0.15, -0.1) is 0 Å². The molecule has 1 aromatic carbocycles. The molecule has 0 saturated carbocycles. The molecule has 0 radical (unpaired) electrons. The molecular formula is C16H18F3N3O2. The summed E-state index contributed by atoms with van der Waals surface area (Å²) in [7, 11) is 3.25. The van der Waals surface area contributed by atoms with E-state index in [1.165, 1.54) is 11.0 Å². The van der Waals surface area contributed by atoms with Gasteiger partial charge in [0.2, 0.25) is 0 Å². The van der Waals surface area contributed by atoms with E-state index in [1.807, 2.05) is 6.07 Å². The van der Waals surface area contributed by atoms with Gasteiger partial charge in [-0.3, -0.25) is 4.79 Å². The predicted octanol–water partition coefficient (Wildman–Crippen LogP) is 2.62. The van der Waals surface area contributed by atoms with Gasteiger partial charge in [-0.05, 0) is 31.0 Å². The smallest absolute Gasteiger partial charge is 0.382 e. The summed E-state index contributed by atoms with van der Waals surface area (Å²) in [6, 6.07) is 5.00. The summed E-state index contributed by atoms with van der Waals surface area (Å²) < 4.78 is 44.7. The van der Waals surface area contributed by atoms with Crippen molar-refractivity contribution in [2.75, 3.05) is 26.0 Å². The van der Waals surface area contributed by atoms with Gasteiger partial charge in [-0.25, -0.2) is 0 Å². The molecule has 2 unspecified atom stereocenters. The van der Waals surface area contributed by atoms with Crippen molar-refractivity contribution in [2.24, 2.45) is 0 Å². The third kappa shape index (κ3) is 4.17. The maximum absolute atomic E-state index is 13.0. The molecule has 0 aromatic heterocycles. The average molecular weight is 341 g/mol. The van der Waals surface area contributed by atoms with Gasteiger partial charge >= 0.3 is 6.18 Å². The molecule has 1 saturated heterocycles. The SMILES string of the molecule is CN(C)C(=O)C1CCC(CNc2cc(C#N)ccc2C(F)(F)F)O1. The molecule has 1 aliphatic rings. The van der Waals surface area contributed by atoms with Crippen LogP contribution in [0.25, 0.3) is 0 Å². The second-order valence-electron chi connectivity index (χ2n) is 5.81. The van der Waals surface area contributed by atoms with E-state index in [2.05, 4.69) is 5.32 Å². The quantitative estimate of drug-likeness (QED) is 0.914. The van der Waals surface area contributed by atoms with Crippen molar-refractivity contribution in [1.29, 1.82) is 5.26 Å². The minimum atomic E-state index is -4.52. The number of nitriles is 1. The first-order chi connectivity index (χ1) is 11.2. The predicted molar refractivity (Wildman–Crippen MR) is 81.2 cm³/mol. The summed E-state index contributed by atoms with van der Waals surface area (Å²) in [5.41, 5.74) is -0.855. The number of nitrogens with one attached hydrogen (secondary N) is 1. The van der Waals surface area contributed by atoms with E-state index >= 15 is 0 Å². The summed E-state index contributed by atoms with van der Waals surface area (Å²) in [6.07, 6.45) is -4.31. The van der Waals surface area contributed by atoms with Crippen molar-refractivity contribution in [1.82, 2.24) is 4.90 Å². The molecular weight excluding hydrogens is 323 g/mol. The number of anilines is 1. The van der Waals surface area contributed by atoms with Crippen LogP contribution < -0.4 is 5.32 Å². The van der Waals surface area contributed by atoms with E-state index in [1.54, 1.807) is 14.1 Å². The van der Waals surface area contributed by atoms with Crippen LogP contribution in [-0.4, -0.2) is 43.7 Å². The summed E-state index contributed by atoms with van der Waals surface area (Å²) in [4.78, 5) is 13.3. The normalized spacial score (nSPS) is 20.5. The Labute approximate surface area is 138 Å². The van der Waals surface area contributed by atoms with Crippen LogP contribution in [-0.2, 0) is 15.7 Å². The lowest BCUT2D eigenvalue weighted by molar-refractivity contribution is -0.140. The third-order valence-electron chi connectivity index (χ3n) is 3.80. The largest absolute Gasteiger partial charge is 0.418 e. The first kappa shape index (κ1) is 18.1. The molecule has 1 aliphatic heterocycles. The fourth-order valence-corrected chi connectivity index (χ4v) is 2.56. The Morgan fingerprint density at radius 2 is 2.12 bits per heavy atom. The average Bonchev–Trinajstić information content (AvgIpc) is 2.99. The van der Waals surface area contributed by atoms with Gasteiger partial charge in [0.05, 0.1) is 23.3 Å². The summed E-state index contributed by atoms with van der Waals surface area (Å²) in [6.45, 7) is 0.134. The minimum absolute atomic E-state index is 0.134. The van der Waals surface area contributed by atoms with Crippen molar-refractivity contribution in [3.05, 3.63) is 29.3 Å². The van der Waals surface area contributed by atoms with Crippen molar-refractivity contribution in [3.63, 3.8) is 0 Å². The van der Waals surface area contributed by atoms with Gasteiger partial charge in [-0.1, -0.05) is 0 Å². The van der Waals surface area contributed by atoms with Crippen molar-refractivity contribution >= 4 is 11.6 Å². The zero-order chi connectivity index (χ0) is 17.9. The number of carbonyl (C=O) groups excluding carboxylic acids is 1. The Balaban J connectivity index is 2.05. The Bertz CT molecular complexity index is 653. The number of rotatable bonds is 4. The highest BCUT2D eigenvalue weighted by Gasteiger charge is 2.35. The zero-order valence-corrected chi connectivity index (χ0v) is 13.4. The maximum atomic E-state index is 13.0. The van der Waals surface area contributed by atoms with Crippen LogP contribution in [0.15, 0.2) is 18.2 Å². The van der Waals surface area contributed by atoms with Crippen molar-refractivity contribution in [3.8, 4) is 6.07 Å². The van der Waals surface area contributed by atoms with Crippen LogP contribution in [0, 0.1) is 11.3 Å². The number of carbonyl (C=O) groups is 1. The molecule has 1 fully saturated rings. The molecule has 2 rings (SSSR count). The monoisotopic (exact) mass is 341 g/mol. The number of alkyl halides is 3. The Hall–Kier alpha value is -2.27. The lowest BCUT2D eigenvalue weighted by Gasteiger charge is -2.19. The fraction of sp³-hybridized carbons (Fsp3) is 0.500. The van der Waals surface area contributed by atoms with Crippen LogP contribution in [0.4, 0.5) is 18.9 Å². The molecule has 24 heavy (non-hydrogen) atoms. The number of nitrogens with zero attached hydrogens (tertiary/aromatic N) is 2. The van der Waals surface area contributed by atoms with Crippen LogP contribution in [0.5, 0.6) is 0 Å². The first-order valence-corrected chi connectivity index (χ1v) is 7.44. The molecule has 8 heteroatoms. The molecule has 1 heterocycles. The Morgan fingerprint density at radius 1 is 1.42 bits per heavy atom. The number of benzene rings is 1. The van der Waals surface area contributed by atoms with Crippen LogP contribution in [0.2, 0.25) is 0 Å². The lowest BCUT2D eigenvalue weighted by Crippen LogP contribution is -2.34. The van der Waals surface area contributed by atoms with Crippen LogP contribution in [0.3, 0.4) is 0 Å². The highest BCUT2D eigenvalue weighted by atomic mass is 19.4. The van der Waals surface area contributed by atoms with E-state index < -0.39 is 17.8 Å². The van der Waals surface area contributed by atoms with Gasteiger partial charge in [0, 0.05) is 26.3 Å². The molecule has 1 amide bonds. The summed E-state index contributed by atoms with van der Waals surface area (Å²) >= 11 is 0. The number of hydrogen-bond donors (Lipinski definition) is 1. The van der Waals surface area contributed by atoms with Crippen LogP contribution in [0.1, 0.15) is 24.0 Å². The topological polar surface area (TPSA) is 65.4 Å². The zero-order valence-electron chi connectivity index (χ0n) is 13.4.